The Balaban J connectivity index is 2.55. The van der Waals surface area contributed by atoms with Gasteiger partial charge in [-0.2, -0.15) is 0 Å². The summed E-state index contributed by atoms with van der Waals surface area (Å²) in [5, 5.41) is 7.58. The normalized spacial score (nSPS) is 12.2. The van der Waals surface area contributed by atoms with Crippen molar-refractivity contribution >= 4 is 5.65 Å². The second-order valence-electron chi connectivity index (χ2n) is 3.81. The summed E-state index contributed by atoms with van der Waals surface area (Å²) in [5.41, 5.74) is 0.692. The van der Waals surface area contributed by atoms with Crippen LogP contribution in [0.4, 0.5) is 0 Å². The molecule has 2 rings (SSSR count). The summed E-state index contributed by atoms with van der Waals surface area (Å²) in [5.74, 6) is 0.811. The average molecular weight is 190 g/mol. The molecule has 0 radical (unpaired) electrons. The standard InChI is InChI=1S/C10H14N4/c1-10(2,11-3)9-12-8-6-4-5-7-14(8)13-9/h4-7,11H,1-3H3. The van der Waals surface area contributed by atoms with Gasteiger partial charge in [0.15, 0.2) is 11.5 Å². The lowest BCUT2D eigenvalue weighted by atomic mass is 10.1. The van der Waals surface area contributed by atoms with Gasteiger partial charge in [0.05, 0.1) is 5.54 Å². The monoisotopic (exact) mass is 190 g/mol. The first kappa shape index (κ1) is 9.15. The highest BCUT2D eigenvalue weighted by Crippen LogP contribution is 2.15. The van der Waals surface area contributed by atoms with Gasteiger partial charge >= 0.3 is 0 Å². The van der Waals surface area contributed by atoms with Gasteiger partial charge in [-0.05, 0) is 33.0 Å². The lowest BCUT2D eigenvalue weighted by Gasteiger charge is -2.19. The van der Waals surface area contributed by atoms with Crippen molar-refractivity contribution in [1.29, 1.82) is 0 Å². The molecule has 0 aliphatic carbocycles. The molecule has 74 valence electrons. The van der Waals surface area contributed by atoms with Crippen LogP contribution in [0, 0.1) is 0 Å². The summed E-state index contributed by atoms with van der Waals surface area (Å²) < 4.78 is 1.79. The Morgan fingerprint density at radius 3 is 2.79 bits per heavy atom. The molecule has 0 aliphatic rings. The summed E-state index contributed by atoms with van der Waals surface area (Å²) >= 11 is 0. The number of nitrogens with zero attached hydrogens (tertiary/aromatic N) is 3. The van der Waals surface area contributed by atoms with E-state index in [0.29, 0.717) is 0 Å². The summed E-state index contributed by atoms with van der Waals surface area (Å²) in [6.45, 7) is 4.11. The minimum atomic E-state index is -0.188. The van der Waals surface area contributed by atoms with E-state index in [0.717, 1.165) is 11.5 Å². The van der Waals surface area contributed by atoms with Crippen LogP contribution in [0.15, 0.2) is 24.4 Å². The van der Waals surface area contributed by atoms with E-state index in [1.54, 1.807) is 4.52 Å². The molecule has 0 bridgehead atoms. The summed E-state index contributed by atoms with van der Waals surface area (Å²) in [6.07, 6.45) is 1.90. The zero-order valence-electron chi connectivity index (χ0n) is 8.65. The van der Waals surface area contributed by atoms with Crippen LogP contribution in [0.3, 0.4) is 0 Å². The molecule has 0 saturated carbocycles. The van der Waals surface area contributed by atoms with E-state index in [4.69, 9.17) is 0 Å². The zero-order valence-corrected chi connectivity index (χ0v) is 8.65. The molecular formula is C10H14N4. The molecule has 0 spiro atoms. The lowest BCUT2D eigenvalue weighted by molar-refractivity contribution is 0.417. The molecule has 0 unspecified atom stereocenters. The smallest absolute Gasteiger partial charge is 0.171 e. The van der Waals surface area contributed by atoms with Crippen LogP contribution in [-0.4, -0.2) is 21.6 Å². The van der Waals surface area contributed by atoms with Crippen molar-refractivity contribution in [2.24, 2.45) is 0 Å². The number of hydrogen-bond donors (Lipinski definition) is 1. The highest BCUT2D eigenvalue weighted by Gasteiger charge is 2.22. The van der Waals surface area contributed by atoms with E-state index >= 15 is 0 Å². The highest BCUT2D eigenvalue weighted by atomic mass is 15.3. The largest absolute Gasteiger partial charge is 0.308 e. The Labute approximate surface area is 83.0 Å². The van der Waals surface area contributed by atoms with Crippen molar-refractivity contribution in [3.05, 3.63) is 30.2 Å². The second kappa shape index (κ2) is 3.06. The van der Waals surface area contributed by atoms with Crippen LogP contribution in [0.25, 0.3) is 5.65 Å². The van der Waals surface area contributed by atoms with Gasteiger partial charge in [-0.3, -0.25) is 0 Å². The first-order chi connectivity index (χ1) is 6.63. The third kappa shape index (κ3) is 1.37. The third-order valence-electron chi connectivity index (χ3n) is 2.43. The predicted molar refractivity (Wildman–Crippen MR) is 55.1 cm³/mol. The van der Waals surface area contributed by atoms with Crippen molar-refractivity contribution in [3.8, 4) is 0 Å². The van der Waals surface area contributed by atoms with E-state index in [1.807, 2.05) is 31.4 Å². The van der Waals surface area contributed by atoms with Crippen molar-refractivity contribution in [3.63, 3.8) is 0 Å². The Morgan fingerprint density at radius 2 is 2.14 bits per heavy atom. The maximum absolute atomic E-state index is 4.44. The Kier molecular flexibility index (Phi) is 2.00. The molecule has 0 aromatic carbocycles. The molecular weight excluding hydrogens is 176 g/mol. The Hall–Kier alpha value is -1.42. The molecule has 0 amide bonds. The van der Waals surface area contributed by atoms with Crippen molar-refractivity contribution in [1.82, 2.24) is 19.9 Å². The van der Waals surface area contributed by atoms with Gasteiger partial charge < -0.3 is 5.32 Å². The molecule has 4 heteroatoms. The quantitative estimate of drug-likeness (QED) is 0.773. The molecule has 0 aliphatic heterocycles. The first-order valence-corrected chi connectivity index (χ1v) is 4.64. The number of rotatable bonds is 2. The fourth-order valence-corrected chi connectivity index (χ4v) is 1.21. The van der Waals surface area contributed by atoms with Crippen LogP contribution in [-0.2, 0) is 5.54 Å². The van der Waals surface area contributed by atoms with E-state index in [-0.39, 0.29) is 5.54 Å². The van der Waals surface area contributed by atoms with Crippen LogP contribution in [0.1, 0.15) is 19.7 Å². The Morgan fingerprint density at radius 1 is 1.36 bits per heavy atom. The maximum atomic E-state index is 4.44. The van der Waals surface area contributed by atoms with Gasteiger partial charge in [-0.25, -0.2) is 9.50 Å². The average Bonchev–Trinajstić information content (AvgIpc) is 2.61. The highest BCUT2D eigenvalue weighted by molar-refractivity contribution is 5.37. The van der Waals surface area contributed by atoms with Crippen LogP contribution >= 0.6 is 0 Å². The number of nitrogens with one attached hydrogen (secondary N) is 1. The van der Waals surface area contributed by atoms with Crippen molar-refractivity contribution in [2.75, 3.05) is 7.05 Å². The third-order valence-corrected chi connectivity index (χ3v) is 2.43. The molecule has 0 fully saturated rings. The topological polar surface area (TPSA) is 42.2 Å². The minimum absolute atomic E-state index is 0.188. The number of hydrogen-bond acceptors (Lipinski definition) is 3. The van der Waals surface area contributed by atoms with Gasteiger partial charge in [-0.1, -0.05) is 6.07 Å². The van der Waals surface area contributed by atoms with E-state index in [9.17, 15) is 0 Å². The summed E-state index contributed by atoms with van der Waals surface area (Å²) in [7, 11) is 1.91. The first-order valence-electron chi connectivity index (χ1n) is 4.64. The van der Waals surface area contributed by atoms with Gasteiger partial charge in [-0.15, -0.1) is 5.10 Å². The van der Waals surface area contributed by atoms with Crippen LogP contribution in [0.5, 0.6) is 0 Å². The molecule has 0 atom stereocenters. The summed E-state index contributed by atoms with van der Waals surface area (Å²) in [4.78, 5) is 4.44. The molecule has 2 aromatic rings. The SMILES string of the molecule is CNC(C)(C)c1nc2ccccn2n1. The second-order valence-corrected chi connectivity index (χ2v) is 3.81. The lowest BCUT2D eigenvalue weighted by Crippen LogP contribution is -2.34. The number of aromatic nitrogens is 3. The number of pyridine rings is 1. The van der Waals surface area contributed by atoms with Gasteiger partial charge in [0, 0.05) is 6.20 Å². The van der Waals surface area contributed by atoms with Crippen LogP contribution in [0.2, 0.25) is 0 Å². The molecule has 0 saturated heterocycles. The maximum Gasteiger partial charge on any atom is 0.171 e. The summed E-state index contributed by atoms with van der Waals surface area (Å²) in [6, 6.07) is 5.85. The van der Waals surface area contributed by atoms with Crippen LogP contribution < -0.4 is 5.32 Å². The van der Waals surface area contributed by atoms with Gasteiger partial charge in [0.1, 0.15) is 0 Å². The molecule has 4 nitrogen and oxygen atoms in total. The molecule has 2 heterocycles. The van der Waals surface area contributed by atoms with Gasteiger partial charge in [0.25, 0.3) is 0 Å². The fourth-order valence-electron chi connectivity index (χ4n) is 1.21. The van der Waals surface area contributed by atoms with Crippen molar-refractivity contribution in [2.45, 2.75) is 19.4 Å². The van der Waals surface area contributed by atoms with Crippen molar-refractivity contribution < 1.29 is 0 Å². The molecule has 1 N–H and O–H groups in total. The predicted octanol–water partition coefficient (Wildman–Crippen LogP) is 1.18. The molecule has 14 heavy (non-hydrogen) atoms. The van der Waals surface area contributed by atoms with E-state index < -0.39 is 0 Å². The van der Waals surface area contributed by atoms with E-state index in [1.165, 1.54) is 0 Å². The molecule has 2 aromatic heterocycles. The van der Waals surface area contributed by atoms with Gasteiger partial charge in [0.2, 0.25) is 0 Å². The zero-order chi connectivity index (χ0) is 10.2. The van der Waals surface area contributed by atoms with E-state index in [2.05, 4.69) is 29.2 Å². The minimum Gasteiger partial charge on any atom is -0.308 e. The fraction of sp³-hybridized carbons (Fsp3) is 0.400. The Bertz CT molecular complexity index is 411. The number of fused-ring (bicyclic) bond motifs is 1.